The summed E-state index contributed by atoms with van der Waals surface area (Å²) >= 11 is 0. The van der Waals surface area contributed by atoms with Crippen molar-refractivity contribution in [2.75, 3.05) is 6.54 Å². The first kappa shape index (κ1) is 5.83. The van der Waals surface area contributed by atoms with Crippen LogP contribution in [0.4, 0.5) is 0 Å². The Morgan fingerprint density at radius 3 is 2.25 bits per heavy atom. The summed E-state index contributed by atoms with van der Waals surface area (Å²) in [6.07, 6.45) is 2.53. The topological polar surface area (TPSA) is 26.0 Å². The molecule has 1 nitrogen and oxygen atoms in total. The minimum Gasteiger partial charge on any atom is -0.330 e. The van der Waals surface area contributed by atoms with E-state index in [1.54, 1.807) is 0 Å². The quantitative estimate of drug-likeness (QED) is 0.534. The molecule has 0 aromatic heterocycles. The molecule has 1 aliphatic carbocycles. The maximum absolute atomic E-state index is 5.51. The van der Waals surface area contributed by atoms with Crippen molar-refractivity contribution in [3.05, 3.63) is 12.2 Å². The van der Waals surface area contributed by atoms with E-state index in [4.69, 9.17) is 5.73 Å². The lowest BCUT2D eigenvalue weighted by molar-refractivity contribution is 0.624. The van der Waals surface area contributed by atoms with Gasteiger partial charge in [0.15, 0.2) is 0 Å². The first-order valence-corrected chi connectivity index (χ1v) is 3.07. The fourth-order valence-corrected chi connectivity index (χ4v) is 0.956. The maximum atomic E-state index is 5.51. The van der Waals surface area contributed by atoms with Crippen molar-refractivity contribution in [2.24, 2.45) is 11.1 Å². The first-order valence-electron chi connectivity index (χ1n) is 3.07. The summed E-state index contributed by atoms with van der Waals surface area (Å²) in [6, 6.07) is 0. The summed E-state index contributed by atoms with van der Waals surface area (Å²) in [7, 11) is 0. The van der Waals surface area contributed by atoms with E-state index in [2.05, 4.69) is 13.5 Å². The van der Waals surface area contributed by atoms with Crippen LogP contribution in [0.3, 0.4) is 0 Å². The average molecular weight is 111 g/mol. The van der Waals surface area contributed by atoms with Crippen LogP contribution in [0, 0.1) is 5.41 Å². The van der Waals surface area contributed by atoms with Gasteiger partial charge in [0.25, 0.3) is 0 Å². The summed E-state index contributed by atoms with van der Waals surface area (Å²) < 4.78 is 0. The van der Waals surface area contributed by atoms with Crippen molar-refractivity contribution in [3.63, 3.8) is 0 Å². The zero-order valence-electron chi connectivity index (χ0n) is 5.41. The molecule has 0 heterocycles. The van der Waals surface area contributed by atoms with E-state index >= 15 is 0 Å². The summed E-state index contributed by atoms with van der Waals surface area (Å²) in [5, 5.41) is 0. The molecule has 0 saturated heterocycles. The molecule has 0 amide bonds. The van der Waals surface area contributed by atoms with Gasteiger partial charge in [0, 0.05) is 12.0 Å². The Morgan fingerprint density at radius 2 is 2.25 bits per heavy atom. The predicted octanol–water partition coefficient (Wildman–Crippen LogP) is 1.30. The Labute approximate surface area is 50.6 Å². The second-order valence-corrected chi connectivity index (χ2v) is 2.76. The third-order valence-corrected chi connectivity index (χ3v) is 2.15. The lowest BCUT2D eigenvalue weighted by atomic mass is 10.00. The Balaban J connectivity index is 2.53. The van der Waals surface area contributed by atoms with Gasteiger partial charge in [-0.1, -0.05) is 12.2 Å². The van der Waals surface area contributed by atoms with Gasteiger partial charge >= 0.3 is 0 Å². The fraction of sp³-hybridized carbons (Fsp3) is 0.714. The minimum atomic E-state index is 0.375. The van der Waals surface area contributed by atoms with Gasteiger partial charge in [0.2, 0.25) is 0 Å². The van der Waals surface area contributed by atoms with Crippen molar-refractivity contribution in [1.82, 2.24) is 0 Å². The molecule has 2 N–H and O–H groups in total. The minimum absolute atomic E-state index is 0.375. The van der Waals surface area contributed by atoms with E-state index in [1.165, 1.54) is 18.4 Å². The van der Waals surface area contributed by atoms with Gasteiger partial charge in [-0.05, 0) is 19.8 Å². The molecule has 0 bridgehead atoms. The van der Waals surface area contributed by atoms with Gasteiger partial charge in [-0.3, -0.25) is 0 Å². The normalized spacial score (nSPS) is 22.8. The predicted molar refractivity (Wildman–Crippen MR) is 35.5 cm³/mol. The molecule has 1 heteroatoms. The van der Waals surface area contributed by atoms with Crippen LogP contribution in [0.25, 0.3) is 0 Å². The van der Waals surface area contributed by atoms with Gasteiger partial charge in [-0.25, -0.2) is 0 Å². The van der Waals surface area contributed by atoms with E-state index in [9.17, 15) is 0 Å². The highest BCUT2D eigenvalue weighted by Crippen LogP contribution is 2.49. The van der Waals surface area contributed by atoms with Crippen LogP contribution >= 0.6 is 0 Å². The molecule has 1 fully saturated rings. The standard InChI is InChI=1S/C7H13N/c1-6(2)7(5-8)3-4-7/h1,3-5,8H2,2H3. The Morgan fingerprint density at radius 1 is 1.75 bits per heavy atom. The molecule has 0 aliphatic heterocycles. The van der Waals surface area contributed by atoms with Crippen LogP contribution in [0.1, 0.15) is 19.8 Å². The second-order valence-electron chi connectivity index (χ2n) is 2.76. The Kier molecular flexibility index (Phi) is 1.16. The van der Waals surface area contributed by atoms with E-state index in [0.717, 1.165) is 6.54 Å². The monoisotopic (exact) mass is 111 g/mol. The molecule has 1 rings (SSSR count). The van der Waals surface area contributed by atoms with E-state index in [1.807, 2.05) is 0 Å². The molecule has 46 valence electrons. The highest BCUT2D eigenvalue weighted by molar-refractivity contribution is 5.16. The molecule has 0 spiro atoms. The SMILES string of the molecule is C=C(C)C1(CN)CC1. The van der Waals surface area contributed by atoms with E-state index < -0.39 is 0 Å². The summed E-state index contributed by atoms with van der Waals surface area (Å²) in [6.45, 7) is 6.74. The molecule has 0 aromatic rings. The third-order valence-electron chi connectivity index (χ3n) is 2.15. The number of nitrogens with two attached hydrogens (primary N) is 1. The number of hydrogen-bond donors (Lipinski definition) is 1. The van der Waals surface area contributed by atoms with Crippen LogP contribution in [-0.4, -0.2) is 6.54 Å². The van der Waals surface area contributed by atoms with Gasteiger partial charge in [-0.2, -0.15) is 0 Å². The summed E-state index contributed by atoms with van der Waals surface area (Å²) in [5.74, 6) is 0. The summed E-state index contributed by atoms with van der Waals surface area (Å²) in [5.41, 5.74) is 7.15. The number of hydrogen-bond acceptors (Lipinski definition) is 1. The van der Waals surface area contributed by atoms with Gasteiger partial charge in [0.05, 0.1) is 0 Å². The third kappa shape index (κ3) is 0.671. The molecule has 1 saturated carbocycles. The summed E-state index contributed by atoms with van der Waals surface area (Å²) in [4.78, 5) is 0. The maximum Gasteiger partial charge on any atom is 0.00297 e. The lowest BCUT2D eigenvalue weighted by Crippen LogP contribution is -2.15. The van der Waals surface area contributed by atoms with Crippen LogP contribution in [0.2, 0.25) is 0 Å². The van der Waals surface area contributed by atoms with Crippen molar-refractivity contribution >= 4 is 0 Å². The van der Waals surface area contributed by atoms with E-state index in [0.29, 0.717) is 5.41 Å². The smallest absolute Gasteiger partial charge is 0.00297 e. The molecule has 1 aliphatic rings. The van der Waals surface area contributed by atoms with Gasteiger partial charge < -0.3 is 5.73 Å². The molecule has 8 heavy (non-hydrogen) atoms. The van der Waals surface area contributed by atoms with Crippen molar-refractivity contribution in [3.8, 4) is 0 Å². The van der Waals surface area contributed by atoms with Crippen molar-refractivity contribution < 1.29 is 0 Å². The molecule has 0 radical (unpaired) electrons. The fourth-order valence-electron chi connectivity index (χ4n) is 0.956. The largest absolute Gasteiger partial charge is 0.330 e. The first-order chi connectivity index (χ1) is 3.71. The zero-order valence-corrected chi connectivity index (χ0v) is 5.41. The highest BCUT2D eigenvalue weighted by Gasteiger charge is 2.41. The number of rotatable bonds is 2. The lowest BCUT2D eigenvalue weighted by Gasteiger charge is -2.09. The van der Waals surface area contributed by atoms with Gasteiger partial charge in [0.1, 0.15) is 0 Å². The van der Waals surface area contributed by atoms with Crippen LogP contribution in [0.15, 0.2) is 12.2 Å². The van der Waals surface area contributed by atoms with Crippen LogP contribution in [0.5, 0.6) is 0 Å². The molecular formula is C7H13N. The Bertz CT molecular complexity index is 112. The van der Waals surface area contributed by atoms with E-state index in [-0.39, 0.29) is 0 Å². The molecule has 0 aromatic carbocycles. The van der Waals surface area contributed by atoms with Crippen LogP contribution in [-0.2, 0) is 0 Å². The van der Waals surface area contributed by atoms with Crippen molar-refractivity contribution in [2.45, 2.75) is 19.8 Å². The van der Waals surface area contributed by atoms with Crippen LogP contribution < -0.4 is 5.73 Å². The second kappa shape index (κ2) is 1.59. The highest BCUT2D eigenvalue weighted by atomic mass is 14.7. The average Bonchev–Trinajstić information content (AvgIpc) is 2.44. The Hall–Kier alpha value is -0.300. The molecule has 0 unspecified atom stereocenters. The molecular weight excluding hydrogens is 98.1 g/mol. The molecule has 0 atom stereocenters. The zero-order chi connectivity index (χ0) is 6.20. The van der Waals surface area contributed by atoms with Gasteiger partial charge in [-0.15, -0.1) is 0 Å². The van der Waals surface area contributed by atoms with Crippen molar-refractivity contribution in [1.29, 1.82) is 0 Å².